The molecular formula is C30H46O. The average molecular weight is 423 g/mol. The zero-order chi connectivity index (χ0) is 22.6. The number of rotatable bonds is 0. The van der Waals surface area contributed by atoms with Crippen LogP contribution in [-0.4, -0.2) is 11.2 Å². The van der Waals surface area contributed by atoms with Crippen LogP contribution in [0.5, 0.6) is 0 Å². The third-order valence-corrected chi connectivity index (χ3v) is 12.1. The first-order valence-electron chi connectivity index (χ1n) is 13.2. The molecule has 1 heteroatoms. The second kappa shape index (κ2) is 6.62. The van der Waals surface area contributed by atoms with E-state index in [1.807, 2.05) is 0 Å². The molecule has 9 atom stereocenters. The van der Waals surface area contributed by atoms with Crippen LogP contribution in [0.25, 0.3) is 0 Å². The maximum absolute atomic E-state index is 10.8. The van der Waals surface area contributed by atoms with Crippen LogP contribution in [0, 0.1) is 51.2 Å². The Labute approximate surface area is 191 Å². The Bertz CT molecular complexity index is 860. The Morgan fingerprint density at radius 2 is 1.71 bits per heavy atom. The third-order valence-electron chi connectivity index (χ3n) is 12.1. The lowest BCUT2D eigenvalue weighted by molar-refractivity contribution is -0.104. The highest BCUT2D eigenvalue weighted by molar-refractivity contribution is 5.39. The van der Waals surface area contributed by atoms with Crippen molar-refractivity contribution in [2.45, 2.75) is 99.5 Å². The predicted octanol–water partition coefficient (Wildman–Crippen LogP) is 7.72. The smallest absolute Gasteiger partial charge is 0.0628 e. The van der Waals surface area contributed by atoms with Gasteiger partial charge in [-0.05, 0) is 90.8 Å². The van der Waals surface area contributed by atoms with E-state index in [1.165, 1.54) is 37.7 Å². The molecule has 3 fully saturated rings. The summed E-state index contributed by atoms with van der Waals surface area (Å²) in [4.78, 5) is 0. The molecule has 0 spiro atoms. The molecule has 0 aromatic heterocycles. The summed E-state index contributed by atoms with van der Waals surface area (Å²) >= 11 is 0. The summed E-state index contributed by atoms with van der Waals surface area (Å²) in [5.41, 5.74) is 5.57. The molecule has 0 bridgehead atoms. The first kappa shape index (κ1) is 22.0. The highest BCUT2D eigenvalue weighted by Crippen LogP contribution is 2.73. The second-order valence-corrected chi connectivity index (χ2v) is 13.6. The van der Waals surface area contributed by atoms with Gasteiger partial charge in [-0.25, -0.2) is 0 Å². The molecule has 0 radical (unpaired) electrons. The van der Waals surface area contributed by atoms with E-state index in [9.17, 15) is 5.11 Å². The molecule has 0 amide bonds. The molecule has 3 saturated carbocycles. The number of aliphatic hydroxyl groups is 1. The van der Waals surface area contributed by atoms with Crippen LogP contribution in [0.1, 0.15) is 93.4 Å². The Kier molecular flexibility index (Phi) is 4.69. The van der Waals surface area contributed by atoms with Crippen molar-refractivity contribution in [1.82, 2.24) is 0 Å². The molecule has 172 valence electrons. The highest BCUT2D eigenvalue weighted by atomic mass is 16.3. The number of hydrogen-bond acceptors (Lipinski definition) is 1. The van der Waals surface area contributed by atoms with Crippen molar-refractivity contribution in [2.75, 3.05) is 0 Å². The largest absolute Gasteiger partial charge is 0.392 e. The molecule has 0 heterocycles. The minimum atomic E-state index is -0.201. The van der Waals surface area contributed by atoms with Crippen LogP contribution in [0.4, 0.5) is 0 Å². The third kappa shape index (κ3) is 2.59. The average Bonchev–Trinajstić information content (AvgIpc) is 2.69. The molecule has 0 aromatic rings. The zero-order valence-corrected chi connectivity index (χ0v) is 21.2. The van der Waals surface area contributed by atoms with Crippen molar-refractivity contribution in [3.63, 3.8) is 0 Å². The van der Waals surface area contributed by atoms with Crippen molar-refractivity contribution < 1.29 is 5.11 Å². The van der Waals surface area contributed by atoms with Gasteiger partial charge in [0.05, 0.1) is 6.10 Å². The summed E-state index contributed by atoms with van der Waals surface area (Å²) in [5.74, 6) is 3.63. The Morgan fingerprint density at radius 1 is 1.00 bits per heavy atom. The Hall–Kier alpha value is -0.820. The highest BCUT2D eigenvalue weighted by Gasteiger charge is 2.65. The molecule has 0 aliphatic heterocycles. The molecular weight excluding hydrogens is 376 g/mol. The first-order valence-corrected chi connectivity index (χ1v) is 13.2. The SMILES string of the molecule is C=C1C[C@@H](C)[C@H]2CC[C@]3(C)C(=CC[C@H]4[C@@]5(C)CC[C@@H](O)C(C)(C)C5=CC[C@]43C)[C@H]2[C@@H]1C. The van der Waals surface area contributed by atoms with Crippen LogP contribution >= 0.6 is 0 Å². The summed E-state index contributed by atoms with van der Waals surface area (Å²) in [6.07, 6.45) is 13.6. The number of allylic oxidation sites excluding steroid dienone is 4. The van der Waals surface area contributed by atoms with Gasteiger partial charge in [-0.3, -0.25) is 0 Å². The fourth-order valence-corrected chi connectivity index (χ4v) is 9.88. The van der Waals surface area contributed by atoms with Gasteiger partial charge >= 0.3 is 0 Å². The molecule has 1 N–H and O–H groups in total. The van der Waals surface area contributed by atoms with Gasteiger partial charge in [-0.15, -0.1) is 0 Å². The maximum Gasteiger partial charge on any atom is 0.0628 e. The van der Waals surface area contributed by atoms with E-state index >= 15 is 0 Å². The molecule has 5 aliphatic carbocycles. The lowest BCUT2D eigenvalue weighted by atomic mass is 9.36. The minimum Gasteiger partial charge on any atom is -0.392 e. The van der Waals surface area contributed by atoms with Gasteiger partial charge in [0.1, 0.15) is 0 Å². The summed E-state index contributed by atoms with van der Waals surface area (Å²) < 4.78 is 0. The van der Waals surface area contributed by atoms with Crippen molar-refractivity contribution in [3.05, 3.63) is 35.5 Å². The van der Waals surface area contributed by atoms with Crippen LogP contribution < -0.4 is 0 Å². The molecule has 0 aromatic carbocycles. The Balaban J connectivity index is 1.60. The summed E-state index contributed by atoms with van der Waals surface area (Å²) in [5, 5.41) is 10.8. The normalized spacial score (nSPS) is 53.4. The van der Waals surface area contributed by atoms with Gasteiger partial charge in [0.2, 0.25) is 0 Å². The Morgan fingerprint density at radius 3 is 2.42 bits per heavy atom. The summed E-state index contributed by atoms with van der Waals surface area (Å²) in [6.45, 7) is 21.9. The number of aliphatic hydroxyl groups excluding tert-OH is 1. The minimum absolute atomic E-state index is 0.0953. The zero-order valence-electron chi connectivity index (χ0n) is 21.2. The number of fused-ring (bicyclic) bond motifs is 7. The molecule has 31 heavy (non-hydrogen) atoms. The summed E-state index contributed by atoms with van der Waals surface area (Å²) in [7, 11) is 0. The molecule has 0 saturated heterocycles. The fourth-order valence-electron chi connectivity index (χ4n) is 9.88. The van der Waals surface area contributed by atoms with E-state index in [4.69, 9.17) is 0 Å². The predicted molar refractivity (Wildman–Crippen MR) is 131 cm³/mol. The first-order chi connectivity index (χ1) is 14.4. The second-order valence-electron chi connectivity index (χ2n) is 13.6. The van der Waals surface area contributed by atoms with Crippen LogP contribution in [-0.2, 0) is 0 Å². The number of hydrogen-bond donors (Lipinski definition) is 1. The van der Waals surface area contributed by atoms with Crippen molar-refractivity contribution in [2.24, 2.45) is 51.2 Å². The van der Waals surface area contributed by atoms with Crippen molar-refractivity contribution in [3.8, 4) is 0 Å². The van der Waals surface area contributed by atoms with Gasteiger partial charge in [-0.2, -0.15) is 0 Å². The van der Waals surface area contributed by atoms with E-state index in [1.54, 1.807) is 11.1 Å². The molecule has 0 unspecified atom stereocenters. The lowest BCUT2D eigenvalue weighted by Crippen LogP contribution is -2.60. The molecule has 5 aliphatic rings. The summed E-state index contributed by atoms with van der Waals surface area (Å²) in [6, 6.07) is 0. The monoisotopic (exact) mass is 422 g/mol. The van der Waals surface area contributed by atoms with E-state index in [0.29, 0.717) is 23.2 Å². The van der Waals surface area contributed by atoms with Crippen LogP contribution in [0.15, 0.2) is 35.5 Å². The van der Waals surface area contributed by atoms with Gasteiger partial charge in [0.15, 0.2) is 0 Å². The van der Waals surface area contributed by atoms with Gasteiger partial charge < -0.3 is 5.11 Å². The van der Waals surface area contributed by atoms with Crippen molar-refractivity contribution >= 4 is 0 Å². The van der Waals surface area contributed by atoms with Gasteiger partial charge in [0, 0.05) is 5.41 Å². The van der Waals surface area contributed by atoms with Crippen molar-refractivity contribution in [1.29, 1.82) is 0 Å². The molecule has 1 nitrogen and oxygen atoms in total. The van der Waals surface area contributed by atoms with Crippen LogP contribution in [0.3, 0.4) is 0 Å². The lowest BCUT2D eigenvalue weighted by Gasteiger charge is -2.68. The quantitative estimate of drug-likeness (QED) is 0.396. The fraction of sp³-hybridized carbons (Fsp3) is 0.800. The van der Waals surface area contributed by atoms with E-state index in [-0.39, 0.29) is 22.3 Å². The van der Waals surface area contributed by atoms with Gasteiger partial charge in [-0.1, -0.05) is 83.9 Å². The van der Waals surface area contributed by atoms with E-state index in [0.717, 1.165) is 24.7 Å². The van der Waals surface area contributed by atoms with Crippen LogP contribution in [0.2, 0.25) is 0 Å². The van der Waals surface area contributed by atoms with E-state index < -0.39 is 0 Å². The topological polar surface area (TPSA) is 20.2 Å². The molecule has 5 rings (SSSR count). The standard InChI is InChI=1S/C30H46O/c1-18-17-19(2)21-11-15-29(7)22(26(21)20(18)3)9-10-24-28(6)14-13-25(31)27(4,5)23(28)12-16-30(24,29)8/h9,12,19-21,24-26,31H,1,10-11,13-17H2,2-8H3/t19-,20-,21-,24+,25-,26+,28+,29-,30-/m1/s1. The maximum atomic E-state index is 10.8. The van der Waals surface area contributed by atoms with E-state index in [2.05, 4.69) is 67.2 Å². The van der Waals surface area contributed by atoms with Gasteiger partial charge in [0.25, 0.3) is 0 Å².